The van der Waals surface area contributed by atoms with Crippen molar-refractivity contribution in [2.75, 3.05) is 7.11 Å². The second-order valence-corrected chi connectivity index (χ2v) is 3.39. The number of aliphatic hydroxyl groups is 1. The van der Waals surface area contributed by atoms with E-state index in [-0.39, 0.29) is 12.4 Å². The fourth-order valence-corrected chi connectivity index (χ4v) is 1.16. The van der Waals surface area contributed by atoms with Gasteiger partial charge in [0, 0.05) is 4.47 Å². The van der Waals surface area contributed by atoms with E-state index in [2.05, 4.69) is 20.7 Å². The van der Waals surface area contributed by atoms with Crippen LogP contribution in [0.5, 0.6) is 0 Å². The Morgan fingerprint density at radius 2 is 1.93 bits per heavy atom. The molecule has 0 aliphatic heterocycles. The minimum atomic E-state index is -1.20. The molecule has 1 aromatic rings. The first-order chi connectivity index (χ1) is 6.15. The van der Waals surface area contributed by atoms with E-state index < -0.39 is 12.1 Å². The number of hydrogen-bond donors (Lipinski definition) is 1. The van der Waals surface area contributed by atoms with Crippen molar-refractivity contribution in [3.8, 4) is 0 Å². The minimum Gasteiger partial charge on any atom is -0.467 e. The number of benzene rings is 1. The zero-order valence-electron chi connectivity index (χ0n) is 7.44. The fraction of sp³-hybridized carbons (Fsp3) is 0.222. The molecular formula is C9H10BrClO3. The molecule has 0 aliphatic rings. The molecule has 0 fully saturated rings. The van der Waals surface area contributed by atoms with Crippen LogP contribution in [0, 0.1) is 0 Å². The summed E-state index contributed by atoms with van der Waals surface area (Å²) in [6.07, 6.45) is -1.20. The topological polar surface area (TPSA) is 46.5 Å². The summed E-state index contributed by atoms with van der Waals surface area (Å²) in [5.74, 6) is -0.651. The van der Waals surface area contributed by atoms with Gasteiger partial charge in [-0.2, -0.15) is 0 Å². The predicted octanol–water partition coefficient (Wildman–Crippen LogP) is 2.08. The van der Waals surface area contributed by atoms with Gasteiger partial charge in [-0.05, 0) is 17.7 Å². The van der Waals surface area contributed by atoms with E-state index in [1.807, 2.05) is 0 Å². The van der Waals surface area contributed by atoms with Gasteiger partial charge >= 0.3 is 5.97 Å². The summed E-state index contributed by atoms with van der Waals surface area (Å²) in [6.45, 7) is 0. The smallest absolute Gasteiger partial charge is 0.339 e. The van der Waals surface area contributed by atoms with Gasteiger partial charge in [-0.1, -0.05) is 28.1 Å². The molecule has 1 unspecified atom stereocenters. The number of hydrogen-bond acceptors (Lipinski definition) is 3. The number of ether oxygens (including phenoxy) is 1. The van der Waals surface area contributed by atoms with Crippen molar-refractivity contribution in [2.24, 2.45) is 0 Å². The van der Waals surface area contributed by atoms with Crippen molar-refractivity contribution in [2.45, 2.75) is 6.10 Å². The third kappa shape index (κ3) is 3.29. The molecule has 1 N–H and O–H groups in total. The molecule has 0 heterocycles. The lowest BCUT2D eigenvalue weighted by atomic mass is 10.1. The highest BCUT2D eigenvalue weighted by Crippen LogP contribution is 2.17. The molecule has 0 radical (unpaired) electrons. The summed E-state index contributed by atoms with van der Waals surface area (Å²) in [5, 5.41) is 9.39. The summed E-state index contributed by atoms with van der Waals surface area (Å²) >= 11 is 3.25. The average Bonchev–Trinajstić information content (AvgIpc) is 2.17. The predicted molar refractivity (Wildman–Crippen MR) is 58.4 cm³/mol. The Bertz CT molecular complexity index is 299. The summed E-state index contributed by atoms with van der Waals surface area (Å²) in [4.78, 5) is 10.9. The molecule has 0 saturated heterocycles. The number of rotatable bonds is 2. The number of aliphatic hydroxyl groups excluding tert-OH is 1. The van der Waals surface area contributed by atoms with E-state index in [0.717, 1.165) is 4.47 Å². The average molecular weight is 282 g/mol. The van der Waals surface area contributed by atoms with E-state index in [0.29, 0.717) is 5.56 Å². The SMILES string of the molecule is COC(=O)C(O)c1ccc(Br)cc1.Cl. The van der Waals surface area contributed by atoms with Gasteiger partial charge in [0.1, 0.15) is 0 Å². The maximum absolute atomic E-state index is 10.9. The lowest BCUT2D eigenvalue weighted by Gasteiger charge is -2.07. The Morgan fingerprint density at radius 1 is 1.43 bits per heavy atom. The number of carbonyl (C=O) groups is 1. The number of carbonyl (C=O) groups excluding carboxylic acids is 1. The fourth-order valence-electron chi connectivity index (χ4n) is 0.893. The number of methoxy groups -OCH3 is 1. The molecule has 0 spiro atoms. The van der Waals surface area contributed by atoms with Crippen LogP contribution in [0.1, 0.15) is 11.7 Å². The summed E-state index contributed by atoms with van der Waals surface area (Å²) in [7, 11) is 1.24. The monoisotopic (exact) mass is 280 g/mol. The molecule has 1 atom stereocenters. The molecule has 78 valence electrons. The lowest BCUT2D eigenvalue weighted by molar-refractivity contribution is -0.150. The maximum Gasteiger partial charge on any atom is 0.339 e. The van der Waals surface area contributed by atoms with Gasteiger partial charge in [0.05, 0.1) is 7.11 Å². The minimum absolute atomic E-state index is 0. The molecule has 0 aliphatic carbocycles. The Balaban J connectivity index is 0.00000169. The summed E-state index contributed by atoms with van der Waals surface area (Å²) in [6, 6.07) is 6.82. The molecule has 1 rings (SSSR count). The number of halogens is 2. The Labute approximate surface area is 96.6 Å². The van der Waals surface area contributed by atoms with E-state index >= 15 is 0 Å². The Kier molecular flexibility index (Phi) is 5.76. The molecule has 0 saturated carbocycles. The third-order valence-electron chi connectivity index (χ3n) is 1.61. The van der Waals surface area contributed by atoms with E-state index in [9.17, 15) is 9.90 Å². The van der Waals surface area contributed by atoms with Crippen LogP contribution in [-0.4, -0.2) is 18.2 Å². The van der Waals surface area contributed by atoms with Crippen LogP contribution in [-0.2, 0) is 9.53 Å². The lowest BCUT2D eigenvalue weighted by Crippen LogP contribution is -2.13. The van der Waals surface area contributed by atoms with Crippen LogP contribution in [0.3, 0.4) is 0 Å². The first kappa shape index (κ1) is 13.4. The highest BCUT2D eigenvalue weighted by atomic mass is 79.9. The van der Waals surface area contributed by atoms with Crippen molar-refractivity contribution in [3.05, 3.63) is 34.3 Å². The van der Waals surface area contributed by atoms with Gasteiger partial charge in [0.15, 0.2) is 6.10 Å². The van der Waals surface area contributed by atoms with E-state index in [1.54, 1.807) is 24.3 Å². The second kappa shape index (κ2) is 6.01. The van der Waals surface area contributed by atoms with Crippen LogP contribution in [0.4, 0.5) is 0 Å². The summed E-state index contributed by atoms with van der Waals surface area (Å²) < 4.78 is 5.29. The van der Waals surface area contributed by atoms with Crippen LogP contribution in [0.2, 0.25) is 0 Å². The van der Waals surface area contributed by atoms with Crippen molar-refractivity contribution < 1.29 is 14.6 Å². The second-order valence-electron chi connectivity index (χ2n) is 2.48. The van der Waals surface area contributed by atoms with Crippen molar-refractivity contribution >= 4 is 34.3 Å². The first-order valence-electron chi connectivity index (χ1n) is 3.66. The first-order valence-corrected chi connectivity index (χ1v) is 4.46. The van der Waals surface area contributed by atoms with Crippen LogP contribution < -0.4 is 0 Å². The van der Waals surface area contributed by atoms with Gasteiger partial charge in [-0.15, -0.1) is 12.4 Å². The Morgan fingerprint density at radius 3 is 2.36 bits per heavy atom. The molecule has 1 aromatic carbocycles. The van der Waals surface area contributed by atoms with Gasteiger partial charge in [-0.3, -0.25) is 0 Å². The molecule has 14 heavy (non-hydrogen) atoms. The molecule has 0 bridgehead atoms. The molecule has 5 heteroatoms. The molecule has 0 aromatic heterocycles. The van der Waals surface area contributed by atoms with Gasteiger partial charge < -0.3 is 9.84 Å². The zero-order valence-corrected chi connectivity index (χ0v) is 9.84. The molecular weight excluding hydrogens is 271 g/mol. The van der Waals surface area contributed by atoms with Gasteiger partial charge in [-0.25, -0.2) is 4.79 Å². The maximum atomic E-state index is 10.9. The quantitative estimate of drug-likeness (QED) is 0.844. The normalized spacial score (nSPS) is 11.4. The van der Waals surface area contributed by atoms with Crippen LogP contribution >= 0.6 is 28.3 Å². The van der Waals surface area contributed by atoms with Crippen molar-refractivity contribution in [1.29, 1.82) is 0 Å². The third-order valence-corrected chi connectivity index (χ3v) is 2.14. The summed E-state index contributed by atoms with van der Waals surface area (Å²) in [5.41, 5.74) is 0.523. The highest BCUT2D eigenvalue weighted by molar-refractivity contribution is 9.10. The van der Waals surface area contributed by atoms with E-state index in [1.165, 1.54) is 7.11 Å². The molecule has 0 amide bonds. The number of esters is 1. The van der Waals surface area contributed by atoms with Crippen LogP contribution in [0.25, 0.3) is 0 Å². The molecule has 3 nitrogen and oxygen atoms in total. The van der Waals surface area contributed by atoms with Crippen molar-refractivity contribution in [1.82, 2.24) is 0 Å². The standard InChI is InChI=1S/C9H9BrO3.ClH/c1-13-9(12)8(11)6-2-4-7(10)5-3-6;/h2-5,8,11H,1H3;1H. The van der Waals surface area contributed by atoms with Gasteiger partial charge in [0.25, 0.3) is 0 Å². The largest absolute Gasteiger partial charge is 0.467 e. The Hall–Kier alpha value is -0.580. The van der Waals surface area contributed by atoms with Gasteiger partial charge in [0.2, 0.25) is 0 Å². The highest BCUT2D eigenvalue weighted by Gasteiger charge is 2.16. The van der Waals surface area contributed by atoms with Crippen LogP contribution in [0.15, 0.2) is 28.7 Å². The van der Waals surface area contributed by atoms with E-state index in [4.69, 9.17) is 0 Å². The van der Waals surface area contributed by atoms with Crippen molar-refractivity contribution in [3.63, 3.8) is 0 Å². The zero-order chi connectivity index (χ0) is 9.84.